The Morgan fingerprint density at radius 1 is 1.41 bits per heavy atom. The number of alkyl halides is 2. The van der Waals surface area contributed by atoms with E-state index < -0.39 is 5.54 Å². The highest BCUT2D eigenvalue weighted by molar-refractivity contribution is 9.10. The van der Waals surface area contributed by atoms with E-state index in [1.54, 1.807) is 6.07 Å². The zero-order valence-electron chi connectivity index (χ0n) is 9.69. The largest absolute Gasteiger partial charge is 0.344 e. The Morgan fingerprint density at radius 2 is 2.00 bits per heavy atom. The van der Waals surface area contributed by atoms with E-state index in [4.69, 9.17) is 23.2 Å². The van der Waals surface area contributed by atoms with Crippen molar-refractivity contribution in [3.63, 3.8) is 0 Å². The molecule has 0 heterocycles. The van der Waals surface area contributed by atoms with E-state index in [1.807, 2.05) is 26.0 Å². The maximum absolute atomic E-state index is 12.0. The first-order valence-electron chi connectivity index (χ1n) is 5.12. The lowest BCUT2D eigenvalue weighted by Gasteiger charge is -2.26. The Balaban J connectivity index is 2.86. The summed E-state index contributed by atoms with van der Waals surface area (Å²) in [4.78, 5) is 12.0. The number of carbonyl (C=O) groups excluding carboxylic acids is 1. The van der Waals surface area contributed by atoms with E-state index in [0.717, 1.165) is 10.0 Å². The maximum Gasteiger partial charge on any atom is 0.251 e. The third-order valence-electron chi connectivity index (χ3n) is 2.43. The van der Waals surface area contributed by atoms with Crippen molar-refractivity contribution in [2.75, 3.05) is 11.8 Å². The molecule has 0 saturated heterocycles. The first-order valence-corrected chi connectivity index (χ1v) is 6.98. The molecule has 0 aliphatic rings. The Hall–Kier alpha value is -0.250. The molecule has 2 nitrogen and oxygen atoms in total. The number of aryl methyl sites for hydroxylation is 1. The van der Waals surface area contributed by atoms with Gasteiger partial charge in [0.05, 0.1) is 5.54 Å². The minimum atomic E-state index is -0.582. The molecule has 0 unspecified atom stereocenters. The van der Waals surface area contributed by atoms with Crippen molar-refractivity contribution >= 4 is 45.0 Å². The number of amides is 1. The Kier molecular flexibility index (Phi) is 5.29. The van der Waals surface area contributed by atoms with Crippen LogP contribution < -0.4 is 5.32 Å². The normalized spacial score (nSPS) is 11.4. The van der Waals surface area contributed by atoms with Crippen LogP contribution in [0.15, 0.2) is 22.7 Å². The summed E-state index contributed by atoms with van der Waals surface area (Å²) in [6.45, 7) is 3.75. The summed E-state index contributed by atoms with van der Waals surface area (Å²) < 4.78 is 0.978. The molecule has 1 rings (SSSR count). The fourth-order valence-corrected chi connectivity index (χ4v) is 1.90. The highest BCUT2D eigenvalue weighted by atomic mass is 79.9. The van der Waals surface area contributed by atoms with E-state index in [2.05, 4.69) is 21.2 Å². The number of nitrogens with one attached hydrogen (secondary N) is 1. The maximum atomic E-state index is 12.0. The zero-order valence-corrected chi connectivity index (χ0v) is 12.8. The van der Waals surface area contributed by atoms with Gasteiger partial charge >= 0.3 is 0 Å². The summed E-state index contributed by atoms with van der Waals surface area (Å²) in [6.07, 6.45) is 0. The zero-order chi connectivity index (χ0) is 13.1. The van der Waals surface area contributed by atoms with Gasteiger partial charge in [-0.1, -0.05) is 15.9 Å². The van der Waals surface area contributed by atoms with Crippen LogP contribution in [-0.4, -0.2) is 23.2 Å². The van der Waals surface area contributed by atoms with E-state index in [-0.39, 0.29) is 17.7 Å². The molecule has 0 radical (unpaired) electrons. The minimum Gasteiger partial charge on any atom is -0.344 e. The summed E-state index contributed by atoms with van der Waals surface area (Å²) in [7, 11) is 0. The van der Waals surface area contributed by atoms with Crippen LogP contribution >= 0.6 is 39.1 Å². The van der Waals surface area contributed by atoms with Gasteiger partial charge in [-0.15, -0.1) is 23.2 Å². The fraction of sp³-hybridized carbons (Fsp3) is 0.417. The minimum absolute atomic E-state index is 0.163. The molecule has 0 spiro atoms. The second kappa shape index (κ2) is 6.07. The average molecular weight is 339 g/mol. The molecule has 1 N–H and O–H groups in total. The van der Waals surface area contributed by atoms with Crippen LogP contribution in [0, 0.1) is 6.92 Å². The van der Waals surface area contributed by atoms with Crippen molar-refractivity contribution in [2.24, 2.45) is 0 Å². The molecule has 0 bridgehead atoms. The number of halogens is 3. The van der Waals surface area contributed by atoms with Crippen LogP contribution in [0.25, 0.3) is 0 Å². The molecule has 0 aliphatic heterocycles. The Labute approximate surface area is 120 Å². The van der Waals surface area contributed by atoms with Gasteiger partial charge in [-0.25, -0.2) is 0 Å². The van der Waals surface area contributed by atoms with E-state index >= 15 is 0 Å². The van der Waals surface area contributed by atoms with Gasteiger partial charge < -0.3 is 5.32 Å². The smallest absolute Gasteiger partial charge is 0.251 e. The van der Waals surface area contributed by atoms with E-state index in [1.165, 1.54) is 0 Å². The fourth-order valence-electron chi connectivity index (χ4n) is 1.23. The highest BCUT2D eigenvalue weighted by Gasteiger charge is 2.24. The van der Waals surface area contributed by atoms with Crippen molar-refractivity contribution in [3.05, 3.63) is 33.8 Å². The molecular weight excluding hydrogens is 325 g/mol. The molecule has 94 valence electrons. The molecule has 0 saturated carbocycles. The van der Waals surface area contributed by atoms with Crippen molar-refractivity contribution in [3.8, 4) is 0 Å². The van der Waals surface area contributed by atoms with Gasteiger partial charge in [0.15, 0.2) is 0 Å². The molecule has 0 aliphatic carbocycles. The molecule has 5 heteroatoms. The lowest BCUT2D eigenvalue weighted by Crippen LogP contribution is -2.49. The highest BCUT2D eigenvalue weighted by Crippen LogP contribution is 2.18. The van der Waals surface area contributed by atoms with Crippen molar-refractivity contribution in [1.29, 1.82) is 0 Å². The predicted molar refractivity (Wildman–Crippen MR) is 76.2 cm³/mol. The van der Waals surface area contributed by atoms with Crippen LogP contribution in [-0.2, 0) is 0 Å². The van der Waals surface area contributed by atoms with Gasteiger partial charge in [0, 0.05) is 21.8 Å². The Morgan fingerprint density at radius 3 is 2.47 bits per heavy atom. The molecule has 0 atom stereocenters. The summed E-state index contributed by atoms with van der Waals surface area (Å²) in [6, 6.07) is 5.43. The second-order valence-corrected chi connectivity index (χ2v) is 5.63. The Bertz CT molecular complexity index is 419. The summed E-state index contributed by atoms with van der Waals surface area (Å²) >= 11 is 15.0. The van der Waals surface area contributed by atoms with Crippen LogP contribution in [0.3, 0.4) is 0 Å². The molecule has 0 aromatic heterocycles. The second-order valence-electron chi connectivity index (χ2n) is 4.25. The summed E-state index contributed by atoms with van der Waals surface area (Å²) in [5.74, 6) is 0.388. The summed E-state index contributed by atoms with van der Waals surface area (Å²) in [5.41, 5.74) is 1.03. The molecule has 17 heavy (non-hydrogen) atoms. The quantitative estimate of drug-likeness (QED) is 0.833. The molecule has 1 aromatic carbocycles. The van der Waals surface area contributed by atoms with E-state index in [9.17, 15) is 4.79 Å². The van der Waals surface area contributed by atoms with Gasteiger partial charge in [-0.3, -0.25) is 4.79 Å². The molecule has 0 fully saturated rings. The van der Waals surface area contributed by atoms with Crippen LogP contribution in [0.5, 0.6) is 0 Å². The molecule has 1 aromatic rings. The number of benzene rings is 1. The van der Waals surface area contributed by atoms with Gasteiger partial charge in [-0.05, 0) is 37.6 Å². The average Bonchev–Trinajstić information content (AvgIpc) is 2.32. The van der Waals surface area contributed by atoms with E-state index in [0.29, 0.717) is 5.56 Å². The first-order chi connectivity index (χ1) is 7.91. The van der Waals surface area contributed by atoms with Crippen molar-refractivity contribution in [2.45, 2.75) is 19.4 Å². The van der Waals surface area contributed by atoms with Crippen LogP contribution in [0.2, 0.25) is 0 Å². The molecular formula is C12H14BrCl2NO. The van der Waals surface area contributed by atoms with Gasteiger partial charge in [0.1, 0.15) is 0 Å². The van der Waals surface area contributed by atoms with Crippen LogP contribution in [0.1, 0.15) is 22.8 Å². The van der Waals surface area contributed by atoms with Crippen molar-refractivity contribution in [1.82, 2.24) is 5.32 Å². The van der Waals surface area contributed by atoms with Gasteiger partial charge in [0.2, 0.25) is 0 Å². The third kappa shape index (κ3) is 3.87. The third-order valence-corrected chi connectivity index (χ3v) is 4.49. The predicted octanol–water partition coefficient (Wildman–Crippen LogP) is 3.72. The topological polar surface area (TPSA) is 29.1 Å². The van der Waals surface area contributed by atoms with Gasteiger partial charge in [-0.2, -0.15) is 0 Å². The van der Waals surface area contributed by atoms with Crippen LogP contribution in [0.4, 0.5) is 0 Å². The SMILES string of the molecule is Cc1cc(C(=O)NC(C)(CCl)CCl)ccc1Br. The lowest BCUT2D eigenvalue weighted by atomic mass is 10.1. The number of hydrogen-bond donors (Lipinski definition) is 1. The standard InChI is InChI=1S/C12H14BrCl2NO/c1-8-5-9(3-4-10(8)13)11(17)16-12(2,6-14)7-15/h3-5H,6-7H2,1-2H3,(H,16,17). The lowest BCUT2D eigenvalue weighted by molar-refractivity contribution is 0.0921. The number of rotatable bonds is 4. The molecule has 1 amide bonds. The van der Waals surface area contributed by atoms with Gasteiger partial charge in [0.25, 0.3) is 5.91 Å². The number of carbonyl (C=O) groups is 1. The van der Waals surface area contributed by atoms with Crippen molar-refractivity contribution < 1.29 is 4.79 Å². The summed E-state index contributed by atoms with van der Waals surface area (Å²) in [5, 5.41) is 2.84. The monoisotopic (exact) mass is 337 g/mol. The first kappa shape index (κ1) is 14.8. The number of hydrogen-bond acceptors (Lipinski definition) is 1.